The van der Waals surface area contributed by atoms with E-state index in [1.807, 2.05) is 0 Å². The largest absolute Gasteiger partial charge is 0.507 e. The number of aromatic hydroxyl groups is 1. The smallest absolute Gasteiger partial charge is 0.295 e. The molecular weight excluding hydrogens is 520 g/mol. The van der Waals surface area contributed by atoms with Gasteiger partial charge in [0.25, 0.3) is 11.7 Å². The number of methoxy groups -OCH3 is 1. The van der Waals surface area contributed by atoms with Crippen LogP contribution in [0.3, 0.4) is 0 Å². The number of aliphatic hydroxyl groups is 1. The molecule has 3 aromatic carbocycles. The van der Waals surface area contributed by atoms with Crippen molar-refractivity contribution in [3.05, 3.63) is 97.7 Å². The fraction of sp³-hybridized carbons (Fsp3) is 0.120. The van der Waals surface area contributed by atoms with E-state index in [1.54, 1.807) is 0 Å². The molecule has 3 aromatic rings. The molecule has 35 heavy (non-hydrogen) atoms. The maximum absolute atomic E-state index is 13.4. The first-order chi connectivity index (χ1) is 16.6. The Morgan fingerprint density at radius 2 is 1.71 bits per heavy atom. The van der Waals surface area contributed by atoms with Gasteiger partial charge in [0.2, 0.25) is 0 Å². The van der Waals surface area contributed by atoms with Crippen molar-refractivity contribution in [1.82, 2.24) is 4.90 Å². The molecule has 10 heteroatoms. The number of nitrogens with zero attached hydrogens (tertiary/aromatic N) is 1. The van der Waals surface area contributed by atoms with E-state index in [2.05, 4.69) is 0 Å². The van der Waals surface area contributed by atoms with Crippen molar-refractivity contribution in [2.24, 2.45) is 0 Å². The number of rotatable bonds is 5. The van der Waals surface area contributed by atoms with E-state index < -0.39 is 29.3 Å². The average Bonchev–Trinajstić information content (AvgIpc) is 3.06. The number of phenolic OH excluding ortho intramolecular Hbond substituents is 1. The zero-order valence-corrected chi connectivity index (χ0v) is 20.3. The molecule has 1 atom stereocenters. The third-order valence-electron chi connectivity index (χ3n) is 5.56. The molecule has 0 spiro atoms. The van der Waals surface area contributed by atoms with Crippen LogP contribution in [0.1, 0.15) is 22.7 Å². The van der Waals surface area contributed by atoms with Crippen LogP contribution in [-0.4, -0.2) is 33.9 Å². The monoisotopic (exact) mass is 535 g/mol. The van der Waals surface area contributed by atoms with E-state index in [-0.39, 0.29) is 44.2 Å². The van der Waals surface area contributed by atoms with Gasteiger partial charge >= 0.3 is 0 Å². The summed E-state index contributed by atoms with van der Waals surface area (Å²) in [5, 5.41) is 21.4. The van der Waals surface area contributed by atoms with Crippen molar-refractivity contribution >= 4 is 52.3 Å². The van der Waals surface area contributed by atoms with Crippen LogP contribution in [0, 0.1) is 5.82 Å². The topological polar surface area (TPSA) is 87.1 Å². The number of hydrogen-bond acceptors (Lipinski definition) is 5. The van der Waals surface area contributed by atoms with Gasteiger partial charge in [0.15, 0.2) is 0 Å². The van der Waals surface area contributed by atoms with Crippen LogP contribution in [-0.2, 0) is 16.1 Å². The molecule has 1 aliphatic rings. The number of carbonyl (C=O) groups excluding carboxylic acids is 2. The van der Waals surface area contributed by atoms with Gasteiger partial charge in [0, 0.05) is 11.6 Å². The molecule has 1 amide bonds. The molecule has 0 saturated carbocycles. The maximum Gasteiger partial charge on any atom is 0.295 e. The first kappa shape index (κ1) is 24.9. The van der Waals surface area contributed by atoms with Gasteiger partial charge in [-0.25, -0.2) is 4.39 Å². The third kappa shape index (κ3) is 4.67. The van der Waals surface area contributed by atoms with Crippen LogP contribution in [0.2, 0.25) is 15.1 Å². The van der Waals surface area contributed by atoms with E-state index in [9.17, 15) is 24.2 Å². The van der Waals surface area contributed by atoms with Gasteiger partial charge in [0.1, 0.15) is 23.1 Å². The molecule has 0 aliphatic carbocycles. The van der Waals surface area contributed by atoms with Crippen LogP contribution in [0.5, 0.6) is 11.5 Å². The summed E-state index contributed by atoms with van der Waals surface area (Å²) in [6.45, 7) is -0.0712. The summed E-state index contributed by atoms with van der Waals surface area (Å²) in [6, 6.07) is 11.3. The van der Waals surface area contributed by atoms with Crippen LogP contribution in [0.4, 0.5) is 4.39 Å². The molecule has 1 aliphatic heterocycles. The number of carbonyl (C=O) groups is 2. The van der Waals surface area contributed by atoms with Crippen molar-refractivity contribution in [3.8, 4) is 11.5 Å². The predicted octanol–water partition coefficient (Wildman–Crippen LogP) is 6.12. The Morgan fingerprint density at radius 3 is 2.34 bits per heavy atom. The van der Waals surface area contributed by atoms with Gasteiger partial charge in [-0.05, 0) is 47.5 Å². The molecule has 6 nitrogen and oxygen atoms in total. The molecular formula is C25H17Cl3FNO5. The predicted molar refractivity (Wildman–Crippen MR) is 130 cm³/mol. The van der Waals surface area contributed by atoms with Crippen LogP contribution in [0.25, 0.3) is 5.76 Å². The van der Waals surface area contributed by atoms with Crippen molar-refractivity contribution in [2.75, 3.05) is 7.11 Å². The molecule has 1 saturated heterocycles. The number of aliphatic hydroxyl groups excluding tert-OH is 1. The van der Waals surface area contributed by atoms with E-state index in [0.717, 1.165) is 0 Å². The zero-order valence-electron chi connectivity index (χ0n) is 18.1. The number of benzene rings is 3. The fourth-order valence-electron chi connectivity index (χ4n) is 3.96. The lowest BCUT2D eigenvalue weighted by molar-refractivity contribution is -0.140. The number of hydrogen-bond donors (Lipinski definition) is 2. The summed E-state index contributed by atoms with van der Waals surface area (Å²) < 4.78 is 18.7. The summed E-state index contributed by atoms with van der Waals surface area (Å²) in [6.07, 6.45) is 0. The minimum atomic E-state index is -1.10. The molecule has 0 aromatic heterocycles. The fourth-order valence-corrected chi connectivity index (χ4v) is 4.72. The van der Waals surface area contributed by atoms with E-state index in [4.69, 9.17) is 39.5 Å². The number of halogens is 4. The lowest BCUT2D eigenvalue weighted by Gasteiger charge is -2.26. The number of Topliss-reactive ketones (excluding diaryl/α,β-unsaturated/α-hetero) is 1. The van der Waals surface area contributed by atoms with Crippen molar-refractivity contribution in [3.63, 3.8) is 0 Å². The molecule has 1 fully saturated rings. The van der Waals surface area contributed by atoms with Gasteiger partial charge in [-0.1, -0.05) is 53.0 Å². The molecule has 1 heterocycles. The Balaban J connectivity index is 1.94. The highest BCUT2D eigenvalue weighted by Gasteiger charge is 2.46. The summed E-state index contributed by atoms with van der Waals surface area (Å²) in [5.41, 5.74) is 0.657. The molecule has 180 valence electrons. The number of phenols is 1. The lowest BCUT2D eigenvalue weighted by Crippen LogP contribution is -2.29. The van der Waals surface area contributed by atoms with Crippen LogP contribution >= 0.6 is 34.8 Å². The molecule has 4 rings (SSSR count). The summed E-state index contributed by atoms with van der Waals surface area (Å²) in [5.74, 6) is -3.01. The molecule has 1 unspecified atom stereocenters. The second-order valence-corrected chi connectivity index (χ2v) is 8.98. The second kappa shape index (κ2) is 9.77. The SMILES string of the molecule is COc1c(Cl)cc(Cl)cc1/C(O)=C1\C(=O)C(=O)N(Cc2ccc(F)cc2)C1c1ccc(O)c(Cl)c1. The Hall–Kier alpha value is -3.26. The van der Waals surface area contributed by atoms with Crippen molar-refractivity contribution in [2.45, 2.75) is 12.6 Å². The van der Waals surface area contributed by atoms with Crippen LogP contribution < -0.4 is 4.74 Å². The molecule has 2 N–H and O–H groups in total. The first-order valence-electron chi connectivity index (χ1n) is 10.2. The number of ketones is 1. The van der Waals surface area contributed by atoms with E-state index in [1.165, 1.54) is 66.6 Å². The summed E-state index contributed by atoms with van der Waals surface area (Å²) in [7, 11) is 1.33. The average molecular weight is 537 g/mol. The summed E-state index contributed by atoms with van der Waals surface area (Å²) >= 11 is 18.4. The second-order valence-electron chi connectivity index (χ2n) is 7.73. The Labute approximate surface area is 214 Å². The highest BCUT2D eigenvalue weighted by Crippen LogP contribution is 2.44. The highest BCUT2D eigenvalue weighted by atomic mass is 35.5. The number of likely N-dealkylation sites (tertiary alicyclic amines) is 1. The zero-order chi connectivity index (χ0) is 25.4. The minimum absolute atomic E-state index is 0.0136. The Morgan fingerprint density at radius 1 is 1.03 bits per heavy atom. The van der Waals surface area contributed by atoms with E-state index in [0.29, 0.717) is 11.1 Å². The maximum atomic E-state index is 13.4. The van der Waals surface area contributed by atoms with Gasteiger partial charge in [-0.2, -0.15) is 0 Å². The van der Waals surface area contributed by atoms with Crippen molar-refractivity contribution < 1.29 is 28.9 Å². The van der Waals surface area contributed by atoms with E-state index >= 15 is 0 Å². The normalized spacial score (nSPS) is 17.2. The minimum Gasteiger partial charge on any atom is -0.507 e. The van der Waals surface area contributed by atoms with Gasteiger partial charge in [-0.15, -0.1) is 0 Å². The number of amides is 1. The quantitative estimate of drug-likeness (QED) is 0.233. The van der Waals surface area contributed by atoms with Gasteiger partial charge in [0.05, 0.1) is 34.3 Å². The standard InChI is InChI=1S/C25H17Cl3FNO5/c1-35-24-16(9-14(26)10-18(24)28)22(32)20-21(13-4-7-19(31)17(27)8-13)30(25(34)23(20)33)11-12-2-5-15(29)6-3-12/h2-10,21,31-32H,11H2,1H3/b22-20+. The molecule has 0 bridgehead atoms. The van der Waals surface area contributed by atoms with Crippen LogP contribution in [0.15, 0.2) is 60.2 Å². The summed E-state index contributed by atoms with van der Waals surface area (Å²) in [4.78, 5) is 27.6. The Bertz CT molecular complexity index is 1370. The van der Waals surface area contributed by atoms with Gasteiger partial charge < -0.3 is 19.8 Å². The first-order valence-corrected chi connectivity index (χ1v) is 11.3. The number of ether oxygens (including phenoxy) is 1. The third-order valence-corrected chi connectivity index (χ3v) is 6.36. The highest BCUT2D eigenvalue weighted by molar-refractivity contribution is 6.47. The molecule has 0 radical (unpaired) electrons. The lowest BCUT2D eigenvalue weighted by atomic mass is 9.94. The Kier molecular flexibility index (Phi) is 6.94. The van der Waals surface area contributed by atoms with Gasteiger partial charge in [-0.3, -0.25) is 9.59 Å². The van der Waals surface area contributed by atoms with Crippen molar-refractivity contribution in [1.29, 1.82) is 0 Å².